The maximum atomic E-state index is 12.6. The molecule has 4 heterocycles. The molecular weight excluding hydrogens is 578 g/mol. The van der Waals surface area contributed by atoms with E-state index in [4.69, 9.17) is 37.6 Å². The zero-order chi connectivity index (χ0) is 30.8. The van der Waals surface area contributed by atoms with Crippen LogP contribution in [0.4, 0.5) is 11.5 Å². The molecule has 3 atom stereocenters. The van der Waals surface area contributed by atoms with Gasteiger partial charge in [-0.15, -0.1) is 0 Å². The Kier molecular flexibility index (Phi) is 8.89. The standard InChI is InChI=1S/C33H38ClN7O3/c1-5-30(42)41-15-14-40(17-24(41)16-35-2)32-25-12-13-39(28-11-7-9-22-8-6-10-26(34)31(22)28)18-27(25)36-33(37-32)44-20-23-19-43-21-29(23)38(3)4/h5-11,23-24,29H,1,12-21H2,3-4H3/t23-,24-,29-/m0/s1. The fourth-order valence-electron chi connectivity index (χ4n) is 6.68. The lowest BCUT2D eigenvalue weighted by Crippen LogP contribution is -2.56. The average molecular weight is 616 g/mol. The first-order chi connectivity index (χ1) is 21.4. The first-order valence-corrected chi connectivity index (χ1v) is 15.5. The van der Waals surface area contributed by atoms with E-state index in [1.54, 1.807) is 4.90 Å². The molecule has 3 aliphatic rings. The number of ether oxygens (including phenoxy) is 2. The normalized spacial score (nSPS) is 21.8. The highest BCUT2D eigenvalue weighted by Crippen LogP contribution is 2.37. The van der Waals surface area contributed by atoms with Gasteiger partial charge in [0.05, 0.1) is 37.1 Å². The number of fused-ring (bicyclic) bond motifs is 2. The molecule has 0 unspecified atom stereocenters. The van der Waals surface area contributed by atoms with E-state index in [2.05, 4.69) is 64.5 Å². The summed E-state index contributed by atoms with van der Waals surface area (Å²) in [4.78, 5) is 34.6. The van der Waals surface area contributed by atoms with Crippen molar-refractivity contribution in [2.24, 2.45) is 5.92 Å². The summed E-state index contributed by atoms with van der Waals surface area (Å²) in [5, 5.41) is 2.86. The second kappa shape index (κ2) is 13.0. The largest absolute Gasteiger partial charge is 0.463 e. The van der Waals surface area contributed by atoms with Crippen LogP contribution in [-0.2, 0) is 22.5 Å². The molecule has 44 heavy (non-hydrogen) atoms. The Morgan fingerprint density at radius 3 is 2.77 bits per heavy atom. The molecule has 0 aliphatic carbocycles. The molecule has 0 saturated carbocycles. The van der Waals surface area contributed by atoms with E-state index in [-0.39, 0.29) is 30.5 Å². The van der Waals surface area contributed by atoms with Crippen molar-refractivity contribution >= 4 is 39.8 Å². The molecule has 230 valence electrons. The minimum absolute atomic E-state index is 0.148. The number of likely N-dealkylation sites (N-methyl/N-ethyl adjacent to an activating group) is 1. The highest BCUT2D eigenvalue weighted by Gasteiger charge is 2.35. The molecule has 2 fully saturated rings. The van der Waals surface area contributed by atoms with Crippen molar-refractivity contribution in [3.63, 3.8) is 0 Å². The Labute approximate surface area is 263 Å². The number of nitrogens with zero attached hydrogens (tertiary/aromatic N) is 7. The average Bonchev–Trinajstić information content (AvgIpc) is 3.52. The molecule has 0 N–H and O–H groups in total. The third-order valence-corrected chi connectivity index (χ3v) is 9.31. The van der Waals surface area contributed by atoms with Crippen LogP contribution in [-0.4, -0.2) is 104 Å². The van der Waals surface area contributed by atoms with E-state index >= 15 is 0 Å². The number of hydrogen-bond acceptors (Lipinski definition) is 8. The van der Waals surface area contributed by atoms with Crippen molar-refractivity contribution in [1.29, 1.82) is 0 Å². The number of benzene rings is 2. The summed E-state index contributed by atoms with van der Waals surface area (Å²) in [6.07, 6.45) is 2.07. The SMILES string of the molecule is [C-]#[N+]C[C@H]1CN(c2nc(OC[C@@H]3COC[C@@H]3N(C)C)nc3c2CCN(c2cccc4cccc(Cl)c24)C3)CCN1C(=O)C=C. The van der Waals surface area contributed by atoms with Crippen LogP contribution >= 0.6 is 11.6 Å². The van der Waals surface area contributed by atoms with Gasteiger partial charge in [-0.25, -0.2) is 6.57 Å². The molecule has 0 radical (unpaired) electrons. The van der Waals surface area contributed by atoms with Crippen molar-refractivity contribution < 1.29 is 14.3 Å². The summed E-state index contributed by atoms with van der Waals surface area (Å²) in [6, 6.07) is 12.6. The summed E-state index contributed by atoms with van der Waals surface area (Å²) < 4.78 is 12.1. The molecule has 2 aromatic carbocycles. The van der Waals surface area contributed by atoms with Gasteiger partial charge in [0.1, 0.15) is 11.9 Å². The lowest BCUT2D eigenvalue weighted by atomic mass is 10.0. The number of hydrogen-bond donors (Lipinski definition) is 0. The van der Waals surface area contributed by atoms with E-state index in [1.165, 1.54) is 6.08 Å². The van der Waals surface area contributed by atoms with E-state index in [9.17, 15) is 4.79 Å². The predicted molar refractivity (Wildman–Crippen MR) is 172 cm³/mol. The number of carbonyl (C=O) groups is 1. The number of halogens is 1. The third kappa shape index (κ3) is 5.92. The van der Waals surface area contributed by atoms with Gasteiger partial charge in [-0.3, -0.25) is 4.79 Å². The molecular formula is C33H38ClN7O3. The maximum absolute atomic E-state index is 12.6. The van der Waals surface area contributed by atoms with Gasteiger partial charge in [-0.1, -0.05) is 42.4 Å². The van der Waals surface area contributed by atoms with Gasteiger partial charge in [0.15, 0.2) is 0 Å². The highest BCUT2D eigenvalue weighted by molar-refractivity contribution is 6.36. The molecule has 3 aliphatic heterocycles. The van der Waals surface area contributed by atoms with E-state index in [0.717, 1.165) is 51.5 Å². The van der Waals surface area contributed by atoms with Crippen molar-refractivity contribution in [3.05, 3.63) is 76.8 Å². The Morgan fingerprint density at radius 2 is 2.00 bits per heavy atom. The van der Waals surface area contributed by atoms with Gasteiger partial charge in [-0.05, 0) is 44.1 Å². The monoisotopic (exact) mass is 615 g/mol. The van der Waals surface area contributed by atoms with Gasteiger partial charge >= 0.3 is 6.01 Å². The van der Waals surface area contributed by atoms with Gasteiger partial charge < -0.3 is 33.9 Å². The van der Waals surface area contributed by atoms with E-state index in [0.29, 0.717) is 52.0 Å². The third-order valence-electron chi connectivity index (χ3n) is 8.99. The van der Waals surface area contributed by atoms with Crippen molar-refractivity contribution in [1.82, 2.24) is 19.8 Å². The second-order valence-electron chi connectivity index (χ2n) is 11.9. The number of amides is 1. The number of rotatable bonds is 8. The van der Waals surface area contributed by atoms with Crippen molar-refractivity contribution in [2.45, 2.75) is 25.0 Å². The van der Waals surface area contributed by atoms with Crippen LogP contribution in [0.1, 0.15) is 11.3 Å². The van der Waals surface area contributed by atoms with E-state index < -0.39 is 0 Å². The van der Waals surface area contributed by atoms with Crippen LogP contribution < -0.4 is 14.5 Å². The van der Waals surface area contributed by atoms with Crippen LogP contribution in [0.5, 0.6) is 6.01 Å². The topological polar surface area (TPSA) is 78.6 Å². The molecule has 0 spiro atoms. The minimum atomic E-state index is -0.254. The van der Waals surface area contributed by atoms with Gasteiger partial charge in [0.25, 0.3) is 0 Å². The summed E-state index contributed by atoms with van der Waals surface area (Å²) in [6.45, 7) is 16.1. The molecule has 6 rings (SSSR count). The molecule has 11 heteroatoms. The molecule has 1 amide bonds. The predicted octanol–water partition coefficient (Wildman–Crippen LogP) is 3.92. The Morgan fingerprint density at radius 1 is 1.18 bits per heavy atom. The number of carbonyl (C=O) groups excluding carboxylic acids is 1. The minimum Gasteiger partial charge on any atom is -0.463 e. The van der Waals surface area contributed by atoms with Crippen LogP contribution in [0.25, 0.3) is 15.6 Å². The maximum Gasteiger partial charge on any atom is 0.318 e. The Hall–Kier alpha value is -3.91. The number of aromatic nitrogens is 2. The summed E-state index contributed by atoms with van der Waals surface area (Å²) in [7, 11) is 4.12. The van der Waals surface area contributed by atoms with Gasteiger partial charge in [0.2, 0.25) is 12.5 Å². The fraction of sp³-hybridized carbons (Fsp3) is 0.455. The Balaban J connectivity index is 1.34. The first kappa shape index (κ1) is 30.1. The molecule has 3 aromatic rings. The van der Waals surface area contributed by atoms with Gasteiger partial charge in [-0.2, -0.15) is 9.97 Å². The summed E-state index contributed by atoms with van der Waals surface area (Å²) in [5.41, 5.74) is 3.07. The molecule has 1 aromatic heterocycles. The fourth-order valence-corrected chi connectivity index (χ4v) is 6.95. The number of piperazine rings is 1. The quantitative estimate of drug-likeness (QED) is 0.279. The van der Waals surface area contributed by atoms with E-state index in [1.807, 2.05) is 12.1 Å². The van der Waals surface area contributed by atoms with Crippen LogP contribution in [0.15, 0.2) is 49.1 Å². The summed E-state index contributed by atoms with van der Waals surface area (Å²) in [5.74, 6) is 0.887. The molecule has 0 bridgehead atoms. The summed E-state index contributed by atoms with van der Waals surface area (Å²) >= 11 is 6.71. The zero-order valence-corrected chi connectivity index (χ0v) is 26.0. The number of anilines is 2. The van der Waals surface area contributed by atoms with Gasteiger partial charge in [0, 0.05) is 54.8 Å². The Bertz CT molecular complexity index is 1590. The van der Waals surface area contributed by atoms with Crippen molar-refractivity contribution in [3.8, 4) is 6.01 Å². The first-order valence-electron chi connectivity index (χ1n) is 15.1. The second-order valence-corrected chi connectivity index (χ2v) is 12.3. The lowest BCUT2D eigenvalue weighted by molar-refractivity contribution is -0.128. The molecule has 2 saturated heterocycles. The van der Waals surface area contributed by atoms with Crippen LogP contribution in [0, 0.1) is 12.5 Å². The molecule has 10 nitrogen and oxygen atoms in total. The zero-order valence-electron chi connectivity index (χ0n) is 25.3. The van der Waals surface area contributed by atoms with Crippen LogP contribution in [0.2, 0.25) is 5.02 Å². The van der Waals surface area contributed by atoms with Crippen molar-refractivity contribution in [2.75, 3.05) is 76.4 Å². The van der Waals surface area contributed by atoms with Crippen LogP contribution in [0.3, 0.4) is 0 Å². The highest BCUT2D eigenvalue weighted by atomic mass is 35.5. The smallest absolute Gasteiger partial charge is 0.318 e. The lowest BCUT2D eigenvalue weighted by Gasteiger charge is -2.41.